The predicted molar refractivity (Wildman–Crippen MR) is 49.9 cm³/mol. The molecule has 0 bridgehead atoms. The van der Waals surface area contributed by atoms with Gasteiger partial charge >= 0.3 is 0 Å². The van der Waals surface area contributed by atoms with E-state index in [4.69, 9.17) is 0 Å². The molecule has 0 aromatic heterocycles. The standard InChI is InChI=1S/C10H9NO2/c1-8(11-7-12)10(13)9-5-3-2-4-6-9/h2-7H,1H3. The van der Waals surface area contributed by atoms with Crippen LogP contribution in [0.1, 0.15) is 17.3 Å². The van der Waals surface area contributed by atoms with Crippen LogP contribution in [0.4, 0.5) is 0 Å². The van der Waals surface area contributed by atoms with Crippen molar-refractivity contribution < 1.29 is 9.59 Å². The maximum absolute atomic E-state index is 11.4. The van der Waals surface area contributed by atoms with Crippen LogP contribution in [-0.4, -0.2) is 17.9 Å². The van der Waals surface area contributed by atoms with Crippen LogP contribution in [0.25, 0.3) is 0 Å². The van der Waals surface area contributed by atoms with Gasteiger partial charge in [0.25, 0.3) is 0 Å². The van der Waals surface area contributed by atoms with Crippen molar-refractivity contribution in [3.8, 4) is 0 Å². The minimum Gasteiger partial charge on any atom is -0.287 e. The monoisotopic (exact) mass is 175 g/mol. The topological polar surface area (TPSA) is 46.5 Å². The molecule has 0 saturated carbocycles. The van der Waals surface area contributed by atoms with Gasteiger partial charge in [0.1, 0.15) is 0 Å². The van der Waals surface area contributed by atoms with Gasteiger partial charge in [0, 0.05) is 5.56 Å². The van der Waals surface area contributed by atoms with E-state index in [-0.39, 0.29) is 11.5 Å². The summed E-state index contributed by atoms with van der Waals surface area (Å²) in [6.45, 7) is 1.52. The summed E-state index contributed by atoms with van der Waals surface area (Å²) >= 11 is 0. The number of aliphatic imine (C=N–C) groups is 1. The summed E-state index contributed by atoms with van der Waals surface area (Å²) in [5, 5.41) is 0. The van der Waals surface area contributed by atoms with Crippen molar-refractivity contribution in [2.24, 2.45) is 4.99 Å². The van der Waals surface area contributed by atoms with E-state index in [2.05, 4.69) is 4.99 Å². The lowest BCUT2D eigenvalue weighted by molar-refractivity contribution is -0.106. The Labute approximate surface area is 76.1 Å². The van der Waals surface area contributed by atoms with E-state index in [0.29, 0.717) is 12.0 Å². The first-order chi connectivity index (χ1) is 6.25. The normalized spacial score (nSPS) is 11.0. The Morgan fingerprint density at radius 1 is 1.31 bits per heavy atom. The van der Waals surface area contributed by atoms with Gasteiger partial charge in [0.2, 0.25) is 12.2 Å². The number of hydrogen-bond acceptors (Lipinski definition) is 2. The largest absolute Gasteiger partial charge is 0.287 e. The average molecular weight is 175 g/mol. The Hall–Kier alpha value is -1.77. The third-order valence-electron chi connectivity index (χ3n) is 1.61. The SMILES string of the molecule is CC(=NC=O)C(=O)c1ccccc1. The molecule has 0 aliphatic carbocycles. The van der Waals surface area contributed by atoms with Gasteiger partial charge in [-0.3, -0.25) is 9.59 Å². The molecule has 0 saturated heterocycles. The number of ketones is 1. The van der Waals surface area contributed by atoms with Crippen molar-refractivity contribution in [3.63, 3.8) is 0 Å². The fourth-order valence-corrected chi connectivity index (χ4v) is 0.936. The number of amides is 1. The van der Waals surface area contributed by atoms with Crippen LogP contribution in [0.5, 0.6) is 0 Å². The molecule has 3 nitrogen and oxygen atoms in total. The number of rotatable bonds is 3. The van der Waals surface area contributed by atoms with Gasteiger partial charge in [-0.2, -0.15) is 0 Å². The van der Waals surface area contributed by atoms with Crippen LogP contribution in [0.15, 0.2) is 35.3 Å². The first-order valence-electron chi connectivity index (χ1n) is 3.83. The van der Waals surface area contributed by atoms with Gasteiger partial charge in [-0.05, 0) is 6.92 Å². The van der Waals surface area contributed by atoms with Crippen molar-refractivity contribution in [1.82, 2.24) is 0 Å². The number of Topliss-reactive ketones (excluding diaryl/α,β-unsaturated/α-hetero) is 1. The molecule has 0 radical (unpaired) electrons. The van der Waals surface area contributed by atoms with Crippen LogP contribution in [-0.2, 0) is 4.79 Å². The second-order valence-electron chi connectivity index (χ2n) is 2.52. The van der Waals surface area contributed by atoms with Crippen molar-refractivity contribution in [1.29, 1.82) is 0 Å². The lowest BCUT2D eigenvalue weighted by Crippen LogP contribution is -2.10. The summed E-state index contributed by atoms with van der Waals surface area (Å²) in [7, 11) is 0. The van der Waals surface area contributed by atoms with Gasteiger partial charge in [-0.25, -0.2) is 4.99 Å². The van der Waals surface area contributed by atoms with Crippen LogP contribution in [0.2, 0.25) is 0 Å². The van der Waals surface area contributed by atoms with Crippen LogP contribution >= 0.6 is 0 Å². The molecule has 1 aromatic rings. The molecule has 13 heavy (non-hydrogen) atoms. The third-order valence-corrected chi connectivity index (χ3v) is 1.61. The highest BCUT2D eigenvalue weighted by Crippen LogP contribution is 2.00. The number of hydrogen-bond donors (Lipinski definition) is 0. The maximum Gasteiger partial charge on any atom is 0.233 e. The fourth-order valence-electron chi connectivity index (χ4n) is 0.936. The number of carbonyl (C=O) groups is 2. The molecule has 1 aromatic carbocycles. The minimum absolute atomic E-state index is 0.209. The summed E-state index contributed by atoms with van der Waals surface area (Å²) in [5.41, 5.74) is 0.756. The van der Waals surface area contributed by atoms with E-state index in [0.717, 1.165) is 0 Å². The first-order valence-corrected chi connectivity index (χ1v) is 3.83. The minimum atomic E-state index is -0.215. The van der Waals surface area contributed by atoms with Crippen molar-refractivity contribution >= 4 is 17.9 Å². The number of carbonyl (C=O) groups excluding carboxylic acids is 2. The third kappa shape index (κ3) is 2.33. The van der Waals surface area contributed by atoms with Crippen LogP contribution in [0.3, 0.4) is 0 Å². The van der Waals surface area contributed by atoms with Crippen molar-refractivity contribution in [2.75, 3.05) is 0 Å². The average Bonchev–Trinajstić information content (AvgIpc) is 2.18. The van der Waals surface area contributed by atoms with E-state index in [1.165, 1.54) is 6.92 Å². The molecule has 3 heteroatoms. The molecular weight excluding hydrogens is 166 g/mol. The Kier molecular flexibility index (Phi) is 3.09. The quantitative estimate of drug-likeness (QED) is 0.397. The summed E-state index contributed by atoms with van der Waals surface area (Å²) in [5.74, 6) is -0.215. The van der Waals surface area contributed by atoms with Gasteiger partial charge in [-0.15, -0.1) is 0 Å². The lowest BCUT2D eigenvalue weighted by Gasteiger charge is -1.96. The highest BCUT2D eigenvalue weighted by molar-refractivity contribution is 6.45. The molecule has 0 spiro atoms. The highest BCUT2D eigenvalue weighted by Gasteiger charge is 2.07. The Morgan fingerprint density at radius 3 is 2.46 bits per heavy atom. The second kappa shape index (κ2) is 4.30. The van der Waals surface area contributed by atoms with Crippen molar-refractivity contribution in [2.45, 2.75) is 6.92 Å². The molecule has 0 aliphatic heterocycles. The maximum atomic E-state index is 11.4. The highest BCUT2D eigenvalue weighted by atomic mass is 16.1. The van der Waals surface area contributed by atoms with E-state index < -0.39 is 0 Å². The molecule has 1 amide bonds. The fraction of sp³-hybridized carbons (Fsp3) is 0.100. The molecular formula is C10H9NO2. The zero-order valence-corrected chi connectivity index (χ0v) is 7.23. The first kappa shape index (κ1) is 9.32. The second-order valence-corrected chi connectivity index (χ2v) is 2.52. The van der Waals surface area contributed by atoms with Gasteiger partial charge in [0.05, 0.1) is 5.71 Å². The molecule has 0 atom stereocenters. The summed E-state index contributed by atoms with van der Waals surface area (Å²) in [6.07, 6.45) is 0.371. The van der Waals surface area contributed by atoms with Gasteiger partial charge in [-0.1, -0.05) is 30.3 Å². The van der Waals surface area contributed by atoms with E-state index in [9.17, 15) is 9.59 Å². The summed E-state index contributed by atoms with van der Waals surface area (Å²) in [4.78, 5) is 24.8. The Bertz CT molecular complexity index is 341. The Balaban J connectivity index is 2.92. The number of benzene rings is 1. The van der Waals surface area contributed by atoms with E-state index >= 15 is 0 Å². The molecule has 0 unspecified atom stereocenters. The summed E-state index contributed by atoms with van der Waals surface area (Å²) < 4.78 is 0. The summed E-state index contributed by atoms with van der Waals surface area (Å²) in [6, 6.07) is 8.73. The number of nitrogens with zero attached hydrogens (tertiary/aromatic N) is 1. The van der Waals surface area contributed by atoms with Gasteiger partial charge < -0.3 is 0 Å². The molecule has 0 aliphatic rings. The zero-order valence-electron chi connectivity index (χ0n) is 7.23. The molecule has 0 N–H and O–H groups in total. The van der Waals surface area contributed by atoms with Crippen molar-refractivity contribution in [3.05, 3.63) is 35.9 Å². The van der Waals surface area contributed by atoms with E-state index in [1.807, 2.05) is 6.07 Å². The zero-order chi connectivity index (χ0) is 9.68. The van der Waals surface area contributed by atoms with Gasteiger partial charge in [0.15, 0.2) is 0 Å². The van der Waals surface area contributed by atoms with Crippen LogP contribution < -0.4 is 0 Å². The molecule has 0 fully saturated rings. The lowest BCUT2D eigenvalue weighted by atomic mass is 10.1. The van der Waals surface area contributed by atoms with Crippen LogP contribution in [0, 0.1) is 0 Å². The molecule has 66 valence electrons. The molecule has 1 rings (SSSR count). The van der Waals surface area contributed by atoms with E-state index in [1.54, 1.807) is 24.3 Å². The predicted octanol–water partition coefficient (Wildman–Crippen LogP) is 1.49. The molecule has 0 heterocycles. The Morgan fingerprint density at radius 2 is 1.92 bits per heavy atom. The smallest absolute Gasteiger partial charge is 0.233 e.